The molecule has 0 saturated carbocycles. The van der Waals surface area contributed by atoms with Crippen LogP contribution < -0.4 is 4.90 Å². The van der Waals surface area contributed by atoms with Crippen molar-refractivity contribution in [1.29, 1.82) is 0 Å². The van der Waals surface area contributed by atoms with Crippen LogP contribution in [0.4, 0.5) is 17.1 Å². The molecule has 61 heavy (non-hydrogen) atoms. The molecule has 0 atom stereocenters. The van der Waals surface area contributed by atoms with Crippen molar-refractivity contribution in [3.05, 3.63) is 224 Å². The molecule has 11 rings (SSSR count). The highest BCUT2D eigenvalue weighted by atomic mass is 15.1. The molecule has 3 heteroatoms. The van der Waals surface area contributed by atoms with Gasteiger partial charge in [-0.2, -0.15) is 0 Å². The Morgan fingerprint density at radius 2 is 0.852 bits per heavy atom. The van der Waals surface area contributed by atoms with Crippen LogP contribution in [0.5, 0.6) is 0 Å². The Morgan fingerprint density at radius 1 is 0.344 bits per heavy atom. The first-order valence-corrected chi connectivity index (χ1v) is 21.2. The third-order valence-electron chi connectivity index (χ3n) is 12.3. The first-order valence-electron chi connectivity index (χ1n) is 21.2. The summed E-state index contributed by atoms with van der Waals surface area (Å²) in [5.74, 6) is 0. The van der Waals surface area contributed by atoms with Gasteiger partial charge in [0.05, 0.1) is 22.1 Å². The molecule has 2 heterocycles. The highest BCUT2D eigenvalue weighted by molar-refractivity contribution is 6.16. The lowest BCUT2D eigenvalue weighted by atomic mass is 9.87. The van der Waals surface area contributed by atoms with Crippen LogP contribution in [0.3, 0.4) is 0 Å². The van der Waals surface area contributed by atoms with E-state index in [9.17, 15) is 0 Å². The number of anilines is 3. The Labute approximate surface area is 357 Å². The number of hydrogen-bond acceptors (Lipinski definition) is 1. The molecule has 0 radical (unpaired) electrons. The van der Waals surface area contributed by atoms with Gasteiger partial charge in [0.25, 0.3) is 0 Å². The number of rotatable bonds is 7. The van der Waals surface area contributed by atoms with Gasteiger partial charge in [0.2, 0.25) is 0 Å². The Morgan fingerprint density at radius 3 is 1.52 bits per heavy atom. The van der Waals surface area contributed by atoms with Gasteiger partial charge < -0.3 is 14.0 Å². The molecule has 0 aliphatic carbocycles. The van der Waals surface area contributed by atoms with Gasteiger partial charge in [0, 0.05) is 50.0 Å². The fourth-order valence-corrected chi connectivity index (χ4v) is 9.29. The summed E-state index contributed by atoms with van der Waals surface area (Å²) in [6, 6.07) is 79.7. The maximum Gasteiger partial charge on any atom is 0.0547 e. The summed E-state index contributed by atoms with van der Waals surface area (Å²) in [6.07, 6.45) is 0. The van der Waals surface area contributed by atoms with Crippen LogP contribution in [0.25, 0.3) is 77.2 Å². The molecule has 9 aromatic carbocycles. The van der Waals surface area contributed by atoms with E-state index in [1.54, 1.807) is 0 Å². The first kappa shape index (κ1) is 36.5. The molecule has 11 aromatic rings. The zero-order valence-electron chi connectivity index (χ0n) is 34.6. The van der Waals surface area contributed by atoms with Crippen molar-refractivity contribution in [2.24, 2.45) is 0 Å². The number of fused-ring (bicyclic) bond motifs is 6. The molecule has 0 unspecified atom stereocenters. The van der Waals surface area contributed by atoms with E-state index in [1.165, 1.54) is 71.4 Å². The lowest BCUT2D eigenvalue weighted by Gasteiger charge is -2.27. The van der Waals surface area contributed by atoms with E-state index < -0.39 is 0 Å². The van der Waals surface area contributed by atoms with Crippen molar-refractivity contribution < 1.29 is 0 Å². The van der Waals surface area contributed by atoms with Gasteiger partial charge in [-0.3, -0.25) is 0 Å². The molecular formula is C58H45N3. The standard InChI is InChI=1S/C58H45N3/c1-58(2,3)43-31-35-47(36-32-43)59(46-33-28-40(29-34-46)49-24-15-27-55-57(49)52-23-11-13-26-54(52)60(55)44-17-6-4-7-18-44)48-21-14-16-41(38-48)42-30-37-51-50-22-10-12-25-53(50)61(56(51)39-42)45-19-8-5-9-20-45/h4-39H,1-3H3. The summed E-state index contributed by atoms with van der Waals surface area (Å²) in [5, 5.41) is 5.02. The van der Waals surface area contributed by atoms with Gasteiger partial charge in [0.1, 0.15) is 0 Å². The molecule has 0 amide bonds. The van der Waals surface area contributed by atoms with Crippen LogP contribution in [0.15, 0.2) is 218 Å². The van der Waals surface area contributed by atoms with E-state index >= 15 is 0 Å². The van der Waals surface area contributed by atoms with Crippen molar-refractivity contribution in [3.8, 4) is 33.6 Å². The summed E-state index contributed by atoms with van der Waals surface area (Å²) < 4.78 is 4.78. The molecular weight excluding hydrogens is 739 g/mol. The minimum atomic E-state index is 0.0520. The zero-order valence-corrected chi connectivity index (χ0v) is 34.6. The Balaban J connectivity index is 1.03. The first-order chi connectivity index (χ1) is 29.9. The van der Waals surface area contributed by atoms with Crippen LogP contribution in [0.1, 0.15) is 26.3 Å². The molecule has 292 valence electrons. The summed E-state index contributed by atoms with van der Waals surface area (Å²) in [7, 11) is 0. The summed E-state index contributed by atoms with van der Waals surface area (Å²) >= 11 is 0. The SMILES string of the molecule is CC(C)(C)c1ccc(N(c2ccc(-c3cccc4c3c3ccccc3n4-c3ccccc3)cc2)c2cccc(-c3ccc4c5ccccc5n(-c5ccccc5)c4c3)c2)cc1. The maximum atomic E-state index is 2.39. The van der Waals surface area contributed by atoms with Gasteiger partial charge in [0.15, 0.2) is 0 Å². The molecule has 0 saturated heterocycles. The summed E-state index contributed by atoms with van der Waals surface area (Å²) in [6.45, 7) is 6.81. The molecule has 3 nitrogen and oxygen atoms in total. The third kappa shape index (κ3) is 6.29. The highest BCUT2D eigenvalue weighted by Gasteiger charge is 2.20. The molecule has 0 N–H and O–H groups in total. The van der Waals surface area contributed by atoms with Crippen LogP contribution in [-0.4, -0.2) is 9.13 Å². The van der Waals surface area contributed by atoms with E-state index in [0.29, 0.717) is 0 Å². The summed E-state index contributed by atoms with van der Waals surface area (Å²) in [4.78, 5) is 2.39. The monoisotopic (exact) mass is 783 g/mol. The van der Waals surface area contributed by atoms with E-state index in [2.05, 4.69) is 253 Å². The minimum Gasteiger partial charge on any atom is -0.310 e. The van der Waals surface area contributed by atoms with Crippen LogP contribution in [-0.2, 0) is 5.41 Å². The van der Waals surface area contributed by atoms with Gasteiger partial charge >= 0.3 is 0 Å². The predicted octanol–water partition coefficient (Wildman–Crippen LogP) is 16.0. The normalized spacial score (nSPS) is 11.9. The van der Waals surface area contributed by atoms with Crippen molar-refractivity contribution in [2.45, 2.75) is 26.2 Å². The second-order valence-corrected chi connectivity index (χ2v) is 17.0. The van der Waals surface area contributed by atoms with Crippen molar-refractivity contribution in [3.63, 3.8) is 0 Å². The second-order valence-electron chi connectivity index (χ2n) is 17.0. The minimum absolute atomic E-state index is 0.0520. The number of aromatic nitrogens is 2. The topological polar surface area (TPSA) is 13.1 Å². The van der Waals surface area contributed by atoms with E-state index in [1.807, 2.05) is 0 Å². The second kappa shape index (κ2) is 14.6. The maximum absolute atomic E-state index is 2.39. The van der Waals surface area contributed by atoms with Crippen molar-refractivity contribution in [1.82, 2.24) is 9.13 Å². The van der Waals surface area contributed by atoms with E-state index in [4.69, 9.17) is 0 Å². The van der Waals surface area contributed by atoms with Crippen molar-refractivity contribution in [2.75, 3.05) is 4.90 Å². The smallest absolute Gasteiger partial charge is 0.0547 e. The number of benzene rings is 9. The largest absolute Gasteiger partial charge is 0.310 e. The lowest BCUT2D eigenvalue weighted by Crippen LogP contribution is -2.13. The molecule has 0 aliphatic rings. The highest BCUT2D eigenvalue weighted by Crippen LogP contribution is 2.42. The van der Waals surface area contributed by atoms with Gasteiger partial charge in [-0.05, 0) is 118 Å². The molecule has 0 fully saturated rings. The number of nitrogens with zero attached hydrogens (tertiary/aromatic N) is 3. The fraction of sp³-hybridized carbons (Fsp3) is 0.0690. The van der Waals surface area contributed by atoms with Crippen LogP contribution in [0, 0.1) is 0 Å². The van der Waals surface area contributed by atoms with Crippen LogP contribution in [0.2, 0.25) is 0 Å². The van der Waals surface area contributed by atoms with Crippen LogP contribution >= 0.6 is 0 Å². The van der Waals surface area contributed by atoms with E-state index in [-0.39, 0.29) is 5.41 Å². The van der Waals surface area contributed by atoms with Crippen molar-refractivity contribution >= 4 is 60.7 Å². The predicted molar refractivity (Wildman–Crippen MR) is 259 cm³/mol. The van der Waals surface area contributed by atoms with Gasteiger partial charge in [-0.25, -0.2) is 0 Å². The lowest BCUT2D eigenvalue weighted by molar-refractivity contribution is 0.590. The Kier molecular flexibility index (Phi) is 8.72. The van der Waals surface area contributed by atoms with Gasteiger partial charge in [-0.1, -0.05) is 154 Å². The van der Waals surface area contributed by atoms with E-state index in [0.717, 1.165) is 28.4 Å². The molecule has 2 aromatic heterocycles. The van der Waals surface area contributed by atoms with Gasteiger partial charge in [-0.15, -0.1) is 0 Å². The number of hydrogen-bond donors (Lipinski definition) is 0. The average Bonchev–Trinajstić information content (AvgIpc) is 3.83. The Hall–Kier alpha value is -7.62. The zero-order chi connectivity index (χ0) is 41.1. The third-order valence-corrected chi connectivity index (χ3v) is 12.3. The summed E-state index contributed by atoms with van der Waals surface area (Å²) in [5.41, 5.74) is 16.6. The average molecular weight is 784 g/mol. The molecule has 0 spiro atoms. The Bertz CT molecular complexity index is 3370. The molecule has 0 aliphatic heterocycles. The molecule has 0 bridgehead atoms. The number of para-hydroxylation sites is 4. The quantitative estimate of drug-likeness (QED) is 0.157. The fourth-order valence-electron chi connectivity index (χ4n) is 9.29.